The molecule has 0 aromatic carbocycles. The van der Waals surface area contributed by atoms with Crippen molar-refractivity contribution < 1.29 is 49.1 Å². The third kappa shape index (κ3) is 4.46. The average Bonchev–Trinajstić information content (AvgIpc) is 3.10. The van der Waals surface area contributed by atoms with E-state index < -0.39 is 23.9 Å². The zero-order valence-electron chi connectivity index (χ0n) is 11.5. The smallest absolute Gasteiger partial charge is 0.398 e. The van der Waals surface area contributed by atoms with Crippen LogP contribution in [0.15, 0.2) is 37.0 Å². The van der Waals surface area contributed by atoms with E-state index >= 15 is 0 Å². The van der Waals surface area contributed by atoms with Gasteiger partial charge in [0.1, 0.15) is 0 Å². The van der Waals surface area contributed by atoms with Gasteiger partial charge in [-0.2, -0.15) is 9.78 Å². The molecule has 0 amide bonds. The molecular weight excluding hydrogens is 304 g/mol. The molecule has 0 aromatic heterocycles. The maximum Gasteiger partial charge on any atom is 0.405 e. The van der Waals surface area contributed by atoms with Crippen LogP contribution in [0.2, 0.25) is 0 Å². The Kier molecular flexibility index (Phi) is 6.37. The van der Waals surface area contributed by atoms with Gasteiger partial charge in [0.2, 0.25) is 0 Å². The van der Waals surface area contributed by atoms with Crippen molar-refractivity contribution in [2.45, 2.75) is 25.3 Å². The standard InChI is InChI=1S/C8H6O10.C4H8/c9-5-1-3-7(13-5,15-11)17-18-8(16-12)4-2-6(10)14-8;1-3-4-2/h1-4,11-12H;3H,1,4H2,2H3. The van der Waals surface area contributed by atoms with Crippen LogP contribution in [0.4, 0.5) is 0 Å². The molecule has 10 heteroatoms. The van der Waals surface area contributed by atoms with Gasteiger partial charge in [0.05, 0.1) is 0 Å². The lowest BCUT2D eigenvalue weighted by molar-refractivity contribution is -0.612. The van der Waals surface area contributed by atoms with E-state index in [-0.39, 0.29) is 0 Å². The van der Waals surface area contributed by atoms with Gasteiger partial charge in [-0.25, -0.2) is 20.1 Å². The average molecular weight is 318 g/mol. The third-order valence-electron chi connectivity index (χ3n) is 2.15. The minimum Gasteiger partial charge on any atom is -0.398 e. The maximum absolute atomic E-state index is 10.8. The number of hydrogen-bond acceptors (Lipinski definition) is 10. The molecule has 0 saturated carbocycles. The van der Waals surface area contributed by atoms with E-state index in [1.165, 1.54) is 0 Å². The van der Waals surface area contributed by atoms with Gasteiger partial charge in [-0.1, -0.05) is 13.0 Å². The van der Waals surface area contributed by atoms with Crippen molar-refractivity contribution in [3.05, 3.63) is 37.0 Å². The molecule has 0 aromatic rings. The quantitative estimate of drug-likeness (QED) is 0.241. The fourth-order valence-corrected chi connectivity index (χ4v) is 1.09. The summed E-state index contributed by atoms with van der Waals surface area (Å²) in [6.07, 6.45) is 6.44. The highest BCUT2D eigenvalue weighted by Crippen LogP contribution is 2.28. The second kappa shape index (κ2) is 7.79. The summed E-state index contributed by atoms with van der Waals surface area (Å²) < 4.78 is 8.81. The first-order valence-electron chi connectivity index (χ1n) is 5.92. The molecule has 2 N–H and O–H groups in total. The van der Waals surface area contributed by atoms with Crippen molar-refractivity contribution in [2.75, 3.05) is 0 Å². The Morgan fingerprint density at radius 2 is 1.45 bits per heavy atom. The van der Waals surface area contributed by atoms with Crippen LogP contribution in [0, 0.1) is 0 Å². The summed E-state index contributed by atoms with van der Waals surface area (Å²) in [6.45, 7) is 5.54. The number of cyclic esters (lactones) is 2. The number of rotatable bonds is 6. The van der Waals surface area contributed by atoms with Gasteiger partial charge in [-0.05, 0) is 6.42 Å². The molecular formula is C12H14O10. The van der Waals surface area contributed by atoms with Crippen molar-refractivity contribution >= 4 is 11.9 Å². The van der Waals surface area contributed by atoms with Crippen LogP contribution >= 0.6 is 0 Å². The normalized spacial score (nSPS) is 28.9. The van der Waals surface area contributed by atoms with E-state index in [0.29, 0.717) is 0 Å². The van der Waals surface area contributed by atoms with Crippen LogP contribution in [-0.2, 0) is 38.6 Å². The molecule has 0 bridgehead atoms. The van der Waals surface area contributed by atoms with Crippen LogP contribution in [-0.4, -0.2) is 34.4 Å². The van der Waals surface area contributed by atoms with E-state index in [0.717, 1.165) is 30.7 Å². The van der Waals surface area contributed by atoms with Crippen molar-refractivity contribution in [1.82, 2.24) is 0 Å². The number of ether oxygens (including phenoxy) is 2. The highest BCUT2D eigenvalue weighted by molar-refractivity contribution is 5.85. The molecule has 0 aliphatic carbocycles. The number of carbonyl (C=O) groups is 2. The number of carbonyl (C=O) groups excluding carboxylic acids is 2. The molecule has 122 valence electrons. The fourth-order valence-electron chi connectivity index (χ4n) is 1.09. The topological polar surface area (TPSA) is 130 Å². The minimum atomic E-state index is -2.38. The Morgan fingerprint density at radius 1 is 1.09 bits per heavy atom. The number of hydrogen-bond donors (Lipinski definition) is 2. The molecule has 2 atom stereocenters. The van der Waals surface area contributed by atoms with Crippen LogP contribution < -0.4 is 0 Å². The van der Waals surface area contributed by atoms with Gasteiger partial charge in [-0.15, -0.1) is 16.4 Å². The van der Waals surface area contributed by atoms with Gasteiger partial charge in [0.15, 0.2) is 0 Å². The Labute approximate surface area is 124 Å². The molecule has 2 aliphatic rings. The predicted octanol–water partition coefficient (Wildman–Crippen LogP) is 1.03. The van der Waals surface area contributed by atoms with E-state index in [9.17, 15) is 9.59 Å². The van der Waals surface area contributed by atoms with Crippen molar-refractivity contribution in [3.63, 3.8) is 0 Å². The molecule has 2 heterocycles. The Hall–Kier alpha value is -2.08. The largest absolute Gasteiger partial charge is 0.405 e. The first-order valence-corrected chi connectivity index (χ1v) is 5.92. The van der Waals surface area contributed by atoms with Gasteiger partial charge >= 0.3 is 23.9 Å². The van der Waals surface area contributed by atoms with E-state index in [4.69, 9.17) is 10.5 Å². The lowest BCUT2D eigenvalue weighted by Crippen LogP contribution is -2.41. The highest BCUT2D eigenvalue weighted by atomic mass is 17.4. The summed E-state index contributed by atoms with van der Waals surface area (Å²) >= 11 is 0. The van der Waals surface area contributed by atoms with E-state index in [2.05, 4.69) is 42.5 Å². The van der Waals surface area contributed by atoms with Gasteiger partial charge < -0.3 is 9.47 Å². The summed E-state index contributed by atoms with van der Waals surface area (Å²) in [6, 6.07) is 0. The van der Waals surface area contributed by atoms with Crippen molar-refractivity contribution in [2.24, 2.45) is 0 Å². The van der Waals surface area contributed by atoms with Gasteiger partial charge in [0.25, 0.3) is 0 Å². The molecule has 0 saturated heterocycles. The lowest BCUT2D eigenvalue weighted by atomic mass is 10.5. The number of esters is 2. The molecule has 2 aliphatic heterocycles. The molecule has 2 unspecified atom stereocenters. The van der Waals surface area contributed by atoms with Crippen LogP contribution in [0.1, 0.15) is 13.3 Å². The van der Waals surface area contributed by atoms with Crippen LogP contribution in [0.5, 0.6) is 0 Å². The zero-order chi connectivity index (χ0) is 16.6. The van der Waals surface area contributed by atoms with Crippen molar-refractivity contribution in [3.8, 4) is 0 Å². The van der Waals surface area contributed by atoms with E-state index in [1.807, 2.05) is 6.08 Å². The SMILES string of the molecule is C=CCC.O=C1C=CC(OO)(OOC2(OO)C=CC(=O)O2)O1. The van der Waals surface area contributed by atoms with Crippen LogP contribution in [0.3, 0.4) is 0 Å². The van der Waals surface area contributed by atoms with Crippen molar-refractivity contribution in [1.29, 1.82) is 0 Å². The maximum atomic E-state index is 10.8. The first-order chi connectivity index (χ1) is 10.4. The summed E-state index contributed by atoms with van der Waals surface area (Å²) in [4.78, 5) is 38.0. The Morgan fingerprint density at radius 3 is 1.64 bits per heavy atom. The van der Waals surface area contributed by atoms with Gasteiger partial charge in [0, 0.05) is 24.3 Å². The zero-order valence-corrected chi connectivity index (χ0v) is 11.5. The molecule has 10 nitrogen and oxygen atoms in total. The monoisotopic (exact) mass is 318 g/mol. The summed E-state index contributed by atoms with van der Waals surface area (Å²) in [7, 11) is 0. The second-order valence-electron chi connectivity index (χ2n) is 3.76. The fraction of sp³-hybridized carbons (Fsp3) is 0.333. The third-order valence-corrected chi connectivity index (χ3v) is 2.15. The predicted molar refractivity (Wildman–Crippen MR) is 66.0 cm³/mol. The summed E-state index contributed by atoms with van der Waals surface area (Å²) in [5.74, 6) is -6.53. The molecule has 22 heavy (non-hydrogen) atoms. The molecule has 0 fully saturated rings. The van der Waals surface area contributed by atoms with Crippen LogP contribution in [0.25, 0.3) is 0 Å². The Bertz CT molecular complexity index is 444. The lowest BCUT2D eigenvalue weighted by Gasteiger charge is -2.25. The number of allylic oxidation sites excluding steroid dienone is 1. The second-order valence-corrected chi connectivity index (χ2v) is 3.76. The van der Waals surface area contributed by atoms with Gasteiger partial charge in [-0.3, -0.25) is 0 Å². The Balaban J connectivity index is 0.000000541. The summed E-state index contributed by atoms with van der Waals surface area (Å²) in [5, 5.41) is 17.1. The molecule has 2 rings (SSSR count). The minimum absolute atomic E-state index is 0.862. The molecule has 0 radical (unpaired) electrons. The first kappa shape index (κ1) is 18.0. The highest BCUT2D eigenvalue weighted by Gasteiger charge is 2.48. The summed E-state index contributed by atoms with van der Waals surface area (Å²) in [5.41, 5.74) is 0. The molecule has 0 spiro atoms. The van der Waals surface area contributed by atoms with E-state index in [1.54, 1.807) is 0 Å².